The van der Waals surface area contributed by atoms with Crippen molar-refractivity contribution in [1.29, 1.82) is 0 Å². The van der Waals surface area contributed by atoms with Crippen molar-refractivity contribution in [3.8, 4) is 16.9 Å². The maximum absolute atomic E-state index is 13.8. The van der Waals surface area contributed by atoms with E-state index in [0.717, 1.165) is 22.2 Å². The van der Waals surface area contributed by atoms with Gasteiger partial charge in [0.25, 0.3) is 5.56 Å². The van der Waals surface area contributed by atoms with Crippen molar-refractivity contribution < 1.29 is 19.0 Å². The number of carbonyl (C=O) groups excluding carboxylic acids is 1. The molecule has 0 fully saturated rings. The van der Waals surface area contributed by atoms with Crippen molar-refractivity contribution in [2.75, 3.05) is 20.3 Å². The highest BCUT2D eigenvalue weighted by Crippen LogP contribution is 2.33. The summed E-state index contributed by atoms with van der Waals surface area (Å²) in [6.07, 6.45) is -0.526. The summed E-state index contributed by atoms with van der Waals surface area (Å²) in [4.78, 5) is 26.2. The van der Waals surface area contributed by atoms with Gasteiger partial charge in [0.2, 0.25) is 0 Å². The van der Waals surface area contributed by atoms with E-state index in [4.69, 9.17) is 14.2 Å². The Balaban J connectivity index is 2.20. The van der Waals surface area contributed by atoms with Crippen molar-refractivity contribution in [2.24, 2.45) is 5.92 Å². The minimum atomic E-state index is -0.619. The molecule has 7 nitrogen and oxygen atoms in total. The maximum Gasteiger partial charge on any atom is 0.407 e. The third kappa shape index (κ3) is 6.85. The Hall–Kier alpha value is -3.32. The number of amides is 1. The summed E-state index contributed by atoms with van der Waals surface area (Å²) < 4.78 is 18.1. The van der Waals surface area contributed by atoms with Gasteiger partial charge in [-0.2, -0.15) is 0 Å². The van der Waals surface area contributed by atoms with Crippen molar-refractivity contribution in [1.82, 2.24) is 9.88 Å². The fraction of sp³-hybridized carbons (Fsp3) is 0.429. The first-order valence-corrected chi connectivity index (χ1v) is 11.9. The molecular weight excluding hydrogens is 444 g/mol. The molecule has 0 saturated carbocycles. The molecule has 0 saturated heterocycles. The number of pyridine rings is 1. The SMILES string of the molecule is COCCOc1ccc2c(-c3ccccc3)c(CNC(=O)OC(C)(C)C)n(CC(C)C)c(=O)c2c1. The van der Waals surface area contributed by atoms with Gasteiger partial charge in [0.15, 0.2) is 0 Å². The molecule has 3 rings (SSSR count). The van der Waals surface area contributed by atoms with E-state index in [2.05, 4.69) is 19.2 Å². The molecule has 0 radical (unpaired) electrons. The number of alkyl carbamates (subject to hydrolysis) is 1. The summed E-state index contributed by atoms with van der Waals surface area (Å²) in [6, 6.07) is 15.5. The lowest BCUT2D eigenvalue weighted by Gasteiger charge is -2.23. The first kappa shape index (κ1) is 26.3. The summed E-state index contributed by atoms with van der Waals surface area (Å²) in [7, 11) is 1.62. The lowest BCUT2D eigenvalue weighted by molar-refractivity contribution is 0.0522. The smallest absolute Gasteiger partial charge is 0.407 e. The predicted molar refractivity (Wildman–Crippen MR) is 139 cm³/mol. The molecule has 1 amide bonds. The first-order chi connectivity index (χ1) is 16.6. The molecule has 3 aromatic rings. The fourth-order valence-electron chi connectivity index (χ4n) is 3.95. The molecule has 2 aromatic carbocycles. The highest BCUT2D eigenvalue weighted by atomic mass is 16.6. The van der Waals surface area contributed by atoms with Crippen LogP contribution in [0.2, 0.25) is 0 Å². The van der Waals surface area contributed by atoms with Gasteiger partial charge in [-0.25, -0.2) is 4.79 Å². The molecule has 0 aliphatic heterocycles. The van der Waals surface area contributed by atoms with E-state index in [-0.39, 0.29) is 18.0 Å². The normalized spacial score (nSPS) is 11.6. The predicted octanol–water partition coefficient (Wildman–Crippen LogP) is 5.37. The molecule has 0 bridgehead atoms. The summed E-state index contributed by atoms with van der Waals surface area (Å²) in [6.45, 7) is 11.1. The lowest BCUT2D eigenvalue weighted by atomic mass is 9.96. The van der Waals surface area contributed by atoms with Gasteiger partial charge in [-0.1, -0.05) is 44.2 Å². The quantitative estimate of drug-likeness (QED) is 0.416. The average molecular weight is 481 g/mol. The largest absolute Gasteiger partial charge is 0.491 e. The third-order valence-corrected chi connectivity index (χ3v) is 5.32. The molecule has 0 atom stereocenters. The van der Waals surface area contributed by atoms with Crippen LogP contribution in [0.3, 0.4) is 0 Å². The Bertz CT molecular complexity index is 1210. The van der Waals surface area contributed by atoms with Crippen molar-refractivity contribution >= 4 is 16.9 Å². The molecule has 35 heavy (non-hydrogen) atoms. The van der Waals surface area contributed by atoms with E-state index < -0.39 is 11.7 Å². The molecule has 7 heteroatoms. The van der Waals surface area contributed by atoms with Crippen LogP contribution in [0.5, 0.6) is 5.75 Å². The highest BCUT2D eigenvalue weighted by Gasteiger charge is 2.21. The summed E-state index contributed by atoms with van der Waals surface area (Å²) >= 11 is 0. The number of hydrogen-bond acceptors (Lipinski definition) is 5. The fourth-order valence-corrected chi connectivity index (χ4v) is 3.95. The van der Waals surface area contributed by atoms with E-state index in [0.29, 0.717) is 30.9 Å². The maximum atomic E-state index is 13.8. The Morgan fingerprint density at radius 2 is 1.74 bits per heavy atom. The standard InChI is InChI=1S/C28H36N2O5/c1-19(2)18-30-24(17-29-27(32)35-28(3,4)5)25(20-10-8-7-9-11-20)22-13-12-21(34-15-14-33-6)16-23(22)26(30)31/h7-13,16,19H,14-15,17-18H2,1-6H3,(H,29,32). The number of carbonyl (C=O) groups is 1. The van der Waals surface area contributed by atoms with Crippen molar-refractivity contribution in [3.63, 3.8) is 0 Å². The zero-order chi connectivity index (χ0) is 25.6. The van der Waals surface area contributed by atoms with Crippen LogP contribution in [0.4, 0.5) is 4.79 Å². The molecule has 1 N–H and O–H groups in total. The topological polar surface area (TPSA) is 78.8 Å². The van der Waals surface area contributed by atoms with Gasteiger partial charge in [0.1, 0.15) is 18.0 Å². The van der Waals surface area contributed by atoms with E-state index in [1.807, 2.05) is 63.2 Å². The van der Waals surface area contributed by atoms with Gasteiger partial charge < -0.3 is 24.1 Å². The van der Waals surface area contributed by atoms with Gasteiger partial charge in [0, 0.05) is 24.9 Å². The number of nitrogens with zero attached hydrogens (tertiary/aromatic N) is 1. The molecule has 188 valence electrons. The van der Waals surface area contributed by atoms with Crippen LogP contribution in [0.25, 0.3) is 21.9 Å². The Morgan fingerprint density at radius 1 is 1.03 bits per heavy atom. The summed E-state index contributed by atoms with van der Waals surface area (Å²) in [5.41, 5.74) is 1.87. The van der Waals surface area contributed by atoms with E-state index in [9.17, 15) is 9.59 Å². The van der Waals surface area contributed by atoms with Crippen LogP contribution < -0.4 is 15.6 Å². The van der Waals surface area contributed by atoms with E-state index in [1.54, 1.807) is 17.7 Å². The van der Waals surface area contributed by atoms with Crippen molar-refractivity contribution in [2.45, 2.75) is 53.3 Å². The number of benzene rings is 2. The summed E-state index contributed by atoms with van der Waals surface area (Å²) in [5.74, 6) is 0.830. The molecule has 1 aromatic heterocycles. The van der Waals surface area contributed by atoms with Gasteiger partial charge in [-0.3, -0.25) is 4.79 Å². The molecular formula is C28H36N2O5. The Kier molecular flexibility index (Phi) is 8.57. The van der Waals surface area contributed by atoms with E-state index in [1.165, 1.54) is 0 Å². The lowest BCUT2D eigenvalue weighted by Crippen LogP contribution is -2.35. The van der Waals surface area contributed by atoms with Gasteiger partial charge >= 0.3 is 6.09 Å². The monoisotopic (exact) mass is 480 g/mol. The third-order valence-electron chi connectivity index (χ3n) is 5.32. The van der Waals surface area contributed by atoms with Crippen LogP contribution in [-0.2, 0) is 22.6 Å². The number of aromatic nitrogens is 1. The summed E-state index contributed by atoms with van der Waals surface area (Å²) in [5, 5.41) is 4.23. The molecule has 0 unspecified atom stereocenters. The Labute approximate surface area is 207 Å². The number of rotatable bonds is 9. The average Bonchev–Trinajstić information content (AvgIpc) is 2.79. The minimum Gasteiger partial charge on any atom is -0.491 e. The van der Waals surface area contributed by atoms with Crippen molar-refractivity contribution in [3.05, 3.63) is 64.6 Å². The second kappa shape index (κ2) is 11.4. The first-order valence-electron chi connectivity index (χ1n) is 11.9. The number of nitrogens with one attached hydrogen (secondary N) is 1. The number of ether oxygens (including phenoxy) is 3. The number of hydrogen-bond donors (Lipinski definition) is 1. The minimum absolute atomic E-state index is 0.119. The van der Waals surface area contributed by atoms with Crippen LogP contribution in [0.15, 0.2) is 53.3 Å². The van der Waals surface area contributed by atoms with Gasteiger partial charge in [0.05, 0.1) is 18.5 Å². The molecule has 1 heterocycles. The second-order valence-corrected chi connectivity index (χ2v) is 9.90. The van der Waals surface area contributed by atoms with Crippen LogP contribution in [0.1, 0.15) is 40.3 Å². The second-order valence-electron chi connectivity index (χ2n) is 9.90. The zero-order valence-electron chi connectivity index (χ0n) is 21.5. The van der Waals surface area contributed by atoms with Crippen LogP contribution in [-0.4, -0.2) is 36.6 Å². The Morgan fingerprint density at radius 3 is 2.37 bits per heavy atom. The number of fused-ring (bicyclic) bond motifs is 1. The molecule has 0 spiro atoms. The molecule has 0 aliphatic carbocycles. The highest BCUT2D eigenvalue weighted by molar-refractivity contribution is 5.98. The number of methoxy groups -OCH3 is 1. The van der Waals surface area contributed by atoms with Crippen LogP contribution in [0, 0.1) is 5.92 Å². The van der Waals surface area contributed by atoms with Crippen LogP contribution >= 0.6 is 0 Å². The van der Waals surface area contributed by atoms with E-state index >= 15 is 0 Å². The van der Waals surface area contributed by atoms with Gasteiger partial charge in [-0.15, -0.1) is 0 Å². The van der Waals surface area contributed by atoms with Gasteiger partial charge in [-0.05, 0) is 55.8 Å². The molecule has 0 aliphatic rings. The zero-order valence-corrected chi connectivity index (χ0v) is 21.5.